The number of benzene rings is 1. The number of rotatable bonds is 4. The maximum Gasteiger partial charge on any atom is 0.0638 e. The monoisotopic (exact) mass is 244 g/mol. The number of nitriles is 1. The Morgan fingerprint density at radius 2 is 2.18 bits per heavy atom. The molecule has 0 radical (unpaired) electrons. The van der Waals surface area contributed by atoms with Crippen molar-refractivity contribution in [1.29, 1.82) is 5.26 Å². The Morgan fingerprint density at radius 3 is 2.94 bits per heavy atom. The fraction of sp³-hybridized carbons (Fsp3) is 0.357. The van der Waals surface area contributed by atoms with Crippen molar-refractivity contribution in [2.24, 2.45) is 0 Å². The number of thiophene rings is 1. The lowest BCUT2D eigenvalue weighted by molar-refractivity contribution is 0.253. The van der Waals surface area contributed by atoms with Gasteiger partial charge in [-0.25, -0.2) is 0 Å². The van der Waals surface area contributed by atoms with E-state index in [0.29, 0.717) is 12.5 Å². The molecule has 0 aliphatic heterocycles. The Bertz CT molecular complexity index is 538. The third-order valence-electron chi connectivity index (χ3n) is 3.12. The maximum atomic E-state index is 8.71. The second kappa shape index (κ2) is 5.31. The molecule has 0 bridgehead atoms. The largest absolute Gasteiger partial charge is 0.298 e. The lowest BCUT2D eigenvalue weighted by Crippen LogP contribution is -2.27. The predicted molar refractivity (Wildman–Crippen MR) is 73.0 cm³/mol. The summed E-state index contributed by atoms with van der Waals surface area (Å²) in [6, 6.07) is 11.0. The molecule has 1 aromatic carbocycles. The SMILES string of the molecule is CC(CC#N)N(C)Cc1csc2ccccc12. The summed E-state index contributed by atoms with van der Waals surface area (Å²) in [6.45, 7) is 3.00. The van der Waals surface area contributed by atoms with Gasteiger partial charge >= 0.3 is 0 Å². The van der Waals surface area contributed by atoms with Crippen LogP contribution in [0.3, 0.4) is 0 Å². The molecular weight excluding hydrogens is 228 g/mol. The zero-order valence-corrected chi connectivity index (χ0v) is 11.0. The van der Waals surface area contributed by atoms with E-state index in [1.807, 2.05) is 0 Å². The van der Waals surface area contributed by atoms with Crippen LogP contribution < -0.4 is 0 Å². The molecule has 0 aliphatic carbocycles. The van der Waals surface area contributed by atoms with Crippen molar-refractivity contribution in [3.8, 4) is 6.07 Å². The van der Waals surface area contributed by atoms with Gasteiger partial charge in [-0.1, -0.05) is 18.2 Å². The number of hydrogen-bond acceptors (Lipinski definition) is 3. The van der Waals surface area contributed by atoms with Crippen LogP contribution in [0.5, 0.6) is 0 Å². The van der Waals surface area contributed by atoms with Crippen molar-refractivity contribution in [3.63, 3.8) is 0 Å². The van der Waals surface area contributed by atoms with Crippen LogP contribution in [0.1, 0.15) is 18.9 Å². The van der Waals surface area contributed by atoms with Gasteiger partial charge in [-0.3, -0.25) is 4.90 Å². The third kappa shape index (κ3) is 2.66. The molecule has 0 saturated carbocycles. The number of hydrogen-bond donors (Lipinski definition) is 0. The van der Waals surface area contributed by atoms with Crippen molar-refractivity contribution >= 4 is 21.4 Å². The van der Waals surface area contributed by atoms with Gasteiger partial charge in [0.05, 0.1) is 12.5 Å². The highest BCUT2D eigenvalue weighted by Gasteiger charge is 2.11. The average Bonchev–Trinajstić information content (AvgIpc) is 2.73. The van der Waals surface area contributed by atoms with Gasteiger partial charge in [0.1, 0.15) is 0 Å². The number of nitrogens with zero attached hydrogens (tertiary/aromatic N) is 2. The van der Waals surface area contributed by atoms with Gasteiger partial charge < -0.3 is 0 Å². The van der Waals surface area contributed by atoms with Crippen LogP contribution in [0.25, 0.3) is 10.1 Å². The van der Waals surface area contributed by atoms with Gasteiger partial charge in [-0.15, -0.1) is 11.3 Å². The molecule has 0 saturated heterocycles. The van der Waals surface area contributed by atoms with Crippen molar-refractivity contribution < 1.29 is 0 Å². The summed E-state index contributed by atoms with van der Waals surface area (Å²) < 4.78 is 1.34. The molecule has 1 aromatic heterocycles. The second-order valence-corrected chi connectivity index (χ2v) is 5.29. The minimum Gasteiger partial charge on any atom is -0.298 e. The van der Waals surface area contributed by atoms with E-state index in [2.05, 4.69) is 54.6 Å². The minimum absolute atomic E-state index is 0.304. The van der Waals surface area contributed by atoms with E-state index in [1.54, 1.807) is 11.3 Å². The topological polar surface area (TPSA) is 27.0 Å². The van der Waals surface area contributed by atoms with Crippen molar-refractivity contribution in [2.45, 2.75) is 25.9 Å². The Balaban J connectivity index is 2.16. The molecule has 17 heavy (non-hydrogen) atoms. The normalized spacial score (nSPS) is 12.8. The summed E-state index contributed by atoms with van der Waals surface area (Å²) in [5.41, 5.74) is 1.36. The molecule has 0 amide bonds. The van der Waals surface area contributed by atoms with Gasteiger partial charge in [0.25, 0.3) is 0 Å². The molecular formula is C14H16N2S. The highest BCUT2D eigenvalue weighted by atomic mass is 32.1. The van der Waals surface area contributed by atoms with E-state index in [1.165, 1.54) is 15.6 Å². The fourth-order valence-electron chi connectivity index (χ4n) is 1.87. The van der Waals surface area contributed by atoms with Crippen LogP contribution in [0.4, 0.5) is 0 Å². The summed E-state index contributed by atoms with van der Waals surface area (Å²) in [7, 11) is 2.08. The van der Waals surface area contributed by atoms with Crippen molar-refractivity contribution in [3.05, 3.63) is 35.2 Å². The van der Waals surface area contributed by atoms with Crippen LogP contribution in [0, 0.1) is 11.3 Å². The van der Waals surface area contributed by atoms with E-state index in [9.17, 15) is 0 Å². The van der Waals surface area contributed by atoms with E-state index in [4.69, 9.17) is 5.26 Å². The molecule has 0 fully saturated rings. The molecule has 0 N–H and O–H groups in total. The predicted octanol–water partition coefficient (Wildman–Crippen LogP) is 3.64. The zero-order chi connectivity index (χ0) is 12.3. The first-order valence-corrected chi connectivity index (χ1v) is 6.62. The van der Waals surface area contributed by atoms with E-state index >= 15 is 0 Å². The van der Waals surface area contributed by atoms with Crippen molar-refractivity contribution in [2.75, 3.05) is 7.05 Å². The van der Waals surface area contributed by atoms with Crippen LogP contribution in [-0.4, -0.2) is 18.0 Å². The molecule has 1 unspecified atom stereocenters. The molecule has 1 heterocycles. The number of fused-ring (bicyclic) bond motifs is 1. The highest BCUT2D eigenvalue weighted by molar-refractivity contribution is 7.17. The van der Waals surface area contributed by atoms with E-state index in [-0.39, 0.29) is 0 Å². The Hall–Kier alpha value is -1.37. The van der Waals surface area contributed by atoms with Gasteiger partial charge in [0, 0.05) is 17.3 Å². The summed E-state index contributed by atoms with van der Waals surface area (Å²) in [5, 5.41) is 12.3. The summed E-state index contributed by atoms with van der Waals surface area (Å²) in [6.07, 6.45) is 0.582. The lowest BCUT2D eigenvalue weighted by Gasteiger charge is -2.22. The summed E-state index contributed by atoms with van der Waals surface area (Å²) in [5.74, 6) is 0. The first kappa shape index (κ1) is 12.1. The average molecular weight is 244 g/mol. The first-order valence-electron chi connectivity index (χ1n) is 5.74. The van der Waals surface area contributed by atoms with Crippen LogP contribution in [0.2, 0.25) is 0 Å². The van der Waals surface area contributed by atoms with Gasteiger partial charge in [0.15, 0.2) is 0 Å². The van der Waals surface area contributed by atoms with Crippen LogP contribution in [-0.2, 0) is 6.54 Å². The molecule has 2 aromatic rings. The Kier molecular flexibility index (Phi) is 3.78. The molecule has 1 atom stereocenters. The Morgan fingerprint density at radius 1 is 1.41 bits per heavy atom. The molecule has 0 spiro atoms. The van der Waals surface area contributed by atoms with Crippen LogP contribution in [0.15, 0.2) is 29.6 Å². The van der Waals surface area contributed by atoms with Crippen molar-refractivity contribution in [1.82, 2.24) is 4.90 Å². The molecule has 3 heteroatoms. The third-order valence-corrected chi connectivity index (χ3v) is 4.13. The lowest BCUT2D eigenvalue weighted by atomic mass is 10.1. The first-order chi connectivity index (χ1) is 8.22. The Labute approximate surface area is 106 Å². The van der Waals surface area contributed by atoms with E-state index in [0.717, 1.165) is 6.54 Å². The molecule has 88 valence electrons. The van der Waals surface area contributed by atoms with Gasteiger partial charge in [0.2, 0.25) is 0 Å². The zero-order valence-electron chi connectivity index (χ0n) is 10.2. The summed E-state index contributed by atoms with van der Waals surface area (Å²) in [4.78, 5) is 2.23. The molecule has 0 aliphatic rings. The smallest absolute Gasteiger partial charge is 0.0638 e. The molecule has 2 nitrogen and oxygen atoms in total. The fourth-order valence-corrected chi connectivity index (χ4v) is 2.82. The van der Waals surface area contributed by atoms with Gasteiger partial charge in [-0.05, 0) is 36.4 Å². The van der Waals surface area contributed by atoms with Gasteiger partial charge in [-0.2, -0.15) is 5.26 Å². The summed E-state index contributed by atoms with van der Waals surface area (Å²) >= 11 is 1.79. The second-order valence-electron chi connectivity index (χ2n) is 4.38. The standard InChI is InChI=1S/C14H16N2S/c1-11(7-8-15)16(2)9-12-10-17-14-6-4-3-5-13(12)14/h3-6,10-11H,7,9H2,1-2H3. The highest BCUT2D eigenvalue weighted by Crippen LogP contribution is 2.26. The quantitative estimate of drug-likeness (QED) is 0.821. The van der Waals surface area contributed by atoms with Crippen LogP contribution >= 0.6 is 11.3 Å². The van der Waals surface area contributed by atoms with E-state index < -0.39 is 0 Å². The molecule has 2 rings (SSSR count). The maximum absolute atomic E-state index is 8.71. The minimum atomic E-state index is 0.304.